The van der Waals surface area contributed by atoms with Crippen LogP contribution in [-0.4, -0.2) is 9.97 Å². The molecule has 0 aliphatic carbocycles. The van der Waals surface area contributed by atoms with E-state index in [4.69, 9.17) is 11.6 Å². The van der Waals surface area contributed by atoms with Crippen molar-refractivity contribution in [3.63, 3.8) is 0 Å². The monoisotopic (exact) mass is 268 g/mol. The summed E-state index contributed by atoms with van der Waals surface area (Å²) in [6.07, 6.45) is 1.82. The van der Waals surface area contributed by atoms with Crippen molar-refractivity contribution in [1.82, 2.24) is 9.97 Å². The van der Waals surface area contributed by atoms with Crippen molar-refractivity contribution < 1.29 is 0 Å². The van der Waals surface area contributed by atoms with E-state index in [1.807, 2.05) is 24.4 Å². The number of rotatable bonds is 1. The van der Waals surface area contributed by atoms with Crippen molar-refractivity contribution in [2.24, 2.45) is 0 Å². The molecular formula is C16H13ClN2. The van der Waals surface area contributed by atoms with Gasteiger partial charge in [-0.25, -0.2) is 9.97 Å². The lowest BCUT2D eigenvalue weighted by atomic mass is 10.1. The Bertz CT molecular complexity index is 746. The molecule has 0 bridgehead atoms. The molecule has 0 N–H and O–H groups in total. The number of aryl methyl sites for hydroxylation is 2. The maximum absolute atomic E-state index is 6.19. The Hall–Kier alpha value is -1.93. The van der Waals surface area contributed by atoms with Crippen molar-refractivity contribution in [3.05, 3.63) is 58.7 Å². The van der Waals surface area contributed by atoms with E-state index >= 15 is 0 Å². The minimum Gasteiger partial charge on any atom is -0.236 e. The predicted molar refractivity (Wildman–Crippen MR) is 79.5 cm³/mol. The summed E-state index contributed by atoms with van der Waals surface area (Å²) in [5.41, 5.74) is 4.24. The van der Waals surface area contributed by atoms with Gasteiger partial charge in [0.1, 0.15) is 0 Å². The van der Waals surface area contributed by atoms with E-state index in [0.717, 1.165) is 16.5 Å². The molecule has 0 spiro atoms. The third-order valence-electron chi connectivity index (χ3n) is 3.04. The van der Waals surface area contributed by atoms with Gasteiger partial charge in [-0.2, -0.15) is 0 Å². The van der Waals surface area contributed by atoms with Crippen LogP contribution in [0.15, 0.2) is 42.6 Å². The molecule has 1 aromatic heterocycles. The van der Waals surface area contributed by atoms with Crippen LogP contribution in [0.4, 0.5) is 0 Å². The summed E-state index contributed by atoms with van der Waals surface area (Å²) in [5, 5.41) is 1.62. The minimum absolute atomic E-state index is 0.658. The lowest BCUT2D eigenvalue weighted by molar-refractivity contribution is 1.22. The number of benzene rings is 2. The largest absolute Gasteiger partial charge is 0.236 e. The van der Waals surface area contributed by atoms with Crippen molar-refractivity contribution in [1.29, 1.82) is 0 Å². The Morgan fingerprint density at radius 3 is 2.47 bits per heavy atom. The summed E-state index contributed by atoms with van der Waals surface area (Å²) >= 11 is 6.19. The minimum atomic E-state index is 0.658. The van der Waals surface area contributed by atoms with Gasteiger partial charge in [0.05, 0.1) is 10.5 Å². The number of halogens is 1. The van der Waals surface area contributed by atoms with Gasteiger partial charge in [-0.05, 0) is 32.0 Å². The van der Waals surface area contributed by atoms with Gasteiger partial charge in [-0.1, -0.05) is 40.9 Å². The number of para-hydroxylation sites is 1. The molecule has 2 aromatic carbocycles. The summed E-state index contributed by atoms with van der Waals surface area (Å²) in [6, 6.07) is 12.0. The molecule has 3 rings (SSSR count). The number of nitrogens with zero attached hydrogens (tertiary/aromatic N) is 2. The van der Waals surface area contributed by atoms with Crippen LogP contribution in [0, 0.1) is 13.8 Å². The molecule has 19 heavy (non-hydrogen) atoms. The summed E-state index contributed by atoms with van der Waals surface area (Å²) in [5.74, 6) is 0.715. The molecule has 0 aliphatic heterocycles. The quantitative estimate of drug-likeness (QED) is 0.646. The molecule has 0 fully saturated rings. The zero-order valence-corrected chi connectivity index (χ0v) is 11.6. The first kappa shape index (κ1) is 12.1. The van der Waals surface area contributed by atoms with Crippen molar-refractivity contribution in [2.45, 2.75) is 13.8 Å². The van der Waals surface area contributed by atoms with Crippen LogP contribution >= 0.6 is 11.6 Å². The molecule has 1 heterocycles. The van der Waals surface area contributed by atoms with Crippen LogP contribution in [0.1, 0.15) is 11.1 Å². The number of fused-ring (bicyclic) bond motifs is 1. The molecule has 0 saturated carbocycles. The number of hydrogen-bond donors (Lipinski definition) is 0. The summed E-state index contributed by atoms with van der Waals surface area (Å²) < 4.78 is 0. The summed E-state index contributed by atoms with van der Waals surface area (Å²) in [4.78, 5) is 9.01. The lowest BCUT2D eigenvalue weighted by Crippen LogP contribution is -1.91. The highest BCUT2D eigenvalue weighted by atomic mass is 35.5. The number of hydrogen-bond acceptors (Lipinski definition) is 2. The standard InChI is InChI=1S/C16H13ClN2/c1-10-6-11(2)8-13(7-10)16-18-9-12-4-3-5-14(17)15(12)19-16/h3-9H,1-2H3. The molecule has 0 aliphatic rings. The Morgan fingerprint density at radius 1 is 1.00 bits per heavy atom. The molecule has 2 nitrogen and oxygen atoms in total. The first-order valence-electron chi connectivity index (χ1n) is 6.13. The van der Waals surface area contributed by atoms with Gasteiger partial charge in [0.2, 0.25) is 0 Å². The molecule has 3 aromatic rings. The van der Waals surface area contributed by atoms with Gasteiger partial charge in [0.25, 0.3) is 0 Å². The topological polar surface area (TPSA) is 25.8 Å². The Kier molecular flexibility index (Phi) is 2.96. The molecule has 0 atom stereocenters. The zero-order chi connectivity index (χ0) is 13.4. The van der Waals surface area contributed by atoms with E-state index in [0.29, 0.717) is 10.8 Å². The van der Waals surface area contributed by atoms with Gasteiger partial charge >= 0.3 is 0 Å². The van der Waals surface area contributed by atoms with Crippen LogP contribution < -0.4 is 0 Å². The molecule has 94 valence electrons. The van der Waals surface area contributed by atoms with Gasteiger partial charge < -0.3 is 0 Å². The van der Waals surface area contributed by atoms with E-state index in [1.54, 1.807) is 0 Å². The van der Waals surface area contributed by atoms with Crippen LogP contribution in [0.3, 0.4) is 0 Å². The highest BCUT2D eigenvalue weighted by molar-refractivity contribution is 6.35. The van der Waals surface area contributed by atoms with Gasteiger partial charge in [0, 0.05) is 17.1 Å². The van der Waals surface area contributed by atoms with E-state index in [2.05, 4.69) is 42.0 Å². The molecule has 0 radical (unpaired) electrons. The smallest absolute Gasteiger partial charge is 0.159 e. The summed E-state index contributed by atoms with van der Waals surface area (Å²) in [6.45, 7) is 4.15. The van der Waals surface area contributed by atoms with E-state index in [9.17, 15) is 0 Å². The highest BCUT2D eigenvalue weighted by Gasteiger charge is 2.06. The maximum atomic E-state index is 6.19. The Balaban J connectivity index is 2.22. The molecular weight excluding hydrogens is 256 g/mol. The third kappa shape index (κ3) is 2.32. The normalized spacial score (nSPS) is 10.9. The second-order valence-electron chi connectivity index (χ2n) is 4.75. The molecule has 3 heteroatoms. The average molecular weight is 269 g/mol. The average Bonchev–Trinajstić information content (AvgIpc) is 2.38. The fourth-order valence-corrected chi connectivity index (χ4v) is 2.49. The molecule has 0 saturated heterocycles. The maximum Gasteiger partial charge on any atom is 0.159 e. The predicted octanol–water partition coefficient (Wildman–Crippen LogP) is 4.57. The SMILES string of the molecule is Cc1cc(C)cc(-c2ncc3cccc(Cl)c3n2)c1. The van der Waals surface area contributed by atoms with Crippen LogP contribution in [0.2, 0.25) is 5.02 Å². The van der Waals surface area contributed by atoms with Crippen molar-refractivity contribution in [3.8, 4) is 11.4 Å². The first-order chi connectivity index (χ1) is 9.13. The van der Waals surface area contributed by atoms with Gasteiger partial charge in [-0.15, -0.1) is 0 Å². The van der Waals surface area contributed by atoms with Gasteiger partial charge in [0.15, 0.2) is 5.82 Å². The second kappa shape index (κ2) is 4.63. The van der Waals surface area contributed by atoms with E-state index < -0.39 is 0 Å². The Labute approximate surface area is 117 Å². The van der Waals surface area contributed by atoms with Crippen molar-refractivity contribution >= 4 is 22.5 Å². The third-order valence-corrected chi connectivity index (χ3v) is 3.35. The fraction of sp³-hybridized carbons (Fsp3) is 0.125. The first-order valence-corrected chi connectivity index (χ1v) is 6.51. The lowest BCUT2D eigenvalue weighted by Gasteiger charge is -2.06. The van der Waals surface area contributed by atoms with Gasteiger partial charge in [-0.3, -0.25) is 0 Å². The highest BCUT2D eigenvalue weighted by Crippen LogP contribution is 2.24. The van der Waals surface area contributed by atoms with Crippen molar-refractivity contribution in [2.75, 3.05) is 0 Å². The van der Waals surface area contributed by atoms with Crippen LogP contribution in [0.25, 0.3) is 22.3 Å². The molecule has 0 amide bonds. The summed E-state index contributed by atoms with van der Waals surface area (Å²) in [7, 11) is 0. The van der Waals surface area contributed by atoms with E-state index in [-0.39, 0.29) is 0 Å². The second-order valence-corrected chi connectivity index (χ2v) is 5.15. The number of aromatic nitrogens is 2. The van der Waals surface area contributed by atoms with E-state index in [1.165, 1.54) is 11.1 Å². The van der Waals surface area contributed by atoms with Crippen LogP contribution in [0.5, 0.6) is 0 Å². The Morgan fingerprint density at radius 2 is 1.74 bits per heavy atom. The molecule has 0 unspecified atom stereocenters. The fourth-order valence-electron chi connectivity index (χ4n) is 2.26. The zero-order valence-electron chi connectivity index (χ0n) is 10.8. The van der Waals surface area contributed by atoms with Crippen LogP contribution in [-0.2, 0) is 0 Å².